The number of nitrogens with one attached hydrogen (secondary N) is 1. The lowest BCUT2D eigenvalue weighted by molar-refractivity contribution is -0.121. The molecule has 1 amide bonds. The summed E-state index contributed by atoms with van der Waals surface area (Å²) in [6.45, 7) is 1.71. The fourth-order valence-corrected chi connectivity index (χ4v) is 1.73. The van der Waals surface area contributed by atoms with Crippen LogP contribution < -0.4 is 11.1 Å². The molecule has 0 radical (unpaired) electrons. The van der Waals surface area contributed by atoms with E-state index in [-0.39, 0.29) is 17.5 Å². The molecule has 1 aliphatic rings. The summed E-state index contributed by atoms with van der Waals surface area (Å²) < 4.78 is 0. The van der Waals surface area contributed by atoms with Gasteiger partial charge in [0.25, 0.3) is 0 Å². The maximum atomic E-state index is 12.0. The van der Waals surface area contributed by atoms with Crippen molar-refractivity contribution in [3.63, 3.8) is 0 Å². The Morgan fingerprint density at radius 2 is 2.17 bits per heavy atom. The molecule has 6 nitrogen and oxygen atoms in total. The minimum Gasteiger partial charge on any atom is -0.477 e. The Morgan fingerprint density at radius 1 is 1.50 bits per heavy atom. The number of carbonyl (C=O) groups is 2. The number of nitrogens with two attached hydrogens (primary N) is 1. The van der Waals surface area contributed by atoms with Crippen LogP contribution in [0.5, 0.6) is 0 Å². The molecular weight excluding hydrogens is 234 g/mol. The van der Waals surface area contributed by atoms with E-state index < -0.39 is 11.5 Å². The SMILES string of the molecule is CC(N)(C(=O)Nc1ccc(C(=O)O)nc1)C1CC1. The van der Waals surface area contributed by atoms with Gasteiger partial charge in [-0.25, -0.2) is 9.78 Å². The molecule has 1 saturated carbocycles. The van der Waals surface area contributed by atoms with Crippen LogP contribution in [-0.2, 0) is 4.79 Å². The molecule has 1 fully saturated rings. The number of rotatable bonds is 4. The molecule has 6 heteroatoms. The van der Waals surface area contributed by atoms with Crippen molar-refractivity contribution < 1.29 is 14.7 Å². The topological polar surface area (TPSA) is 105 Å². The van der Waals surface area contributed by atoms with Crippen LogP contribution in [0.25, 0.3) is 0 Å². The third-order valence-electron chi connectivity index (χ3n) is 3.16. The van der Waals surface area contributed by atoms with Gasteiger partial charge in [0.15, 0.2) is 0 Å². The van der Waals surface area contributed by atoms with Gasteiger partial charge in [0.2, 0.25) is 5.91 Å². The molecule has 1 aliphatic carbocycles. The van der Waals surface area contributed by atoms with Crippen molar-refractivity contribution in [2.75, 3.05) is 5.32 Å². The van der Waals surface area contributed by atoms with E-state index in [0.717, 1.165) is 12.8 Å². The van der Waals surface area contributed by atoms with E-state index in [4.69, 9.17) is 10.8 Å². The summed E-state index contributed by atoms with van der Waals surface area (Å²) in [5.74, 6) is -1.15. The van der Waals surface area contributed by atoms with E-state index in [1.165, 1.54) is 18.3 Å². The summed E-state index contributed by atoms with van der Waals surface area (Å²) in [7, 11) is 0. The Labute approximate surface area is 104 Å². The first kappa shape index (κ1) is 12.5. The quantitative estimate of drug-likeness (QED) is 0.733. The van der Waals surface area contributed by atoms with Gasteiger partial charge >= 0.3 is 5.97 Å². The van der Waals surface area contributed by atoms with Crippen LogP contribution in [-0.4, -0.2) is 27.5 Å². The summed E-state index contributed by atoms with van der Waals surface area (Å²) in [4.78, 5) is 26.3. The van der Waals surface area contributed by atoms with Crippen LogP contribution in [0.3, 0.4) is 0 Å². The van der Waals surface area contributed by atoms with Crippen molar-refractivity contribution in [3.8, 4) is 0 Å². The van der Waals surface area contributed by atoms with Gasteiger partial charge < -0.3 is 16.2 Å². The highest BCUT2D eigenvalue weighted by molar-refractivity contribution is 5.98. The second-order valence-electron chi connectivity index (χ2n) is 4.75. The van der Waals surface area contributed by atoms with E-state index in [9.17, 15) is 9.59 Å². The van der Waals surface area contributed by atoms with Gasteiger partial charge in [0.05, 0.1) is 17.4 Å². The number of hydrogen-bond donors (Lipinski definition) is 3. The summed E-state index contributed by atoms with van der Waals surface area (Å²) in [6, 6.07) is 2.83. The molecule has 4 N–H and O–H groups in total. The van der Waals surface area contributed by atoms with Crippen molar-refractivity contribution >= 4 is 17.6 Å². The molecule has 0 bridgehead atoms. The summed E-state index contributed by atoms with van der Waals surface area (Å²) in [5.41, 5.74) is 5.46. The Kier molecular flexibility index (Phi) is 3.04. The van der Waals surface area contributed by atoms with Crippen molar-refractivity contribution in [2.24, 2.45) is 11.7 Å². The fourth-order valence-electron chi connectivity index (χ4n) is 1.73. The van der Waals surface area contributed by atoms with Crippen LogP contribution in [0.4, 0.5) is 5.69 Å². The summed E-state index contributed by atoms with van der Waals surface area (Å²) in [6.07, 6.45) is 3.25. The minimum atomic E-state index is -1.10. The van der Waals surface area contributed by atoms with Crippen LogP contribution >= 0.6 is 0 Å². The number of carboxylic acid groups (broad SMARTS) is 1. The lowest BCUT2D eigenvalue weighted by Crippen LogP contribution is -2.50. The molecule has 0 saturated heterocycles. The molecule has 1 aromatic rings. The van der Waals surface area contributed by atoms with Gasteiger partial charge in [-0.05, 0) is 37.8 Å². The Morgan fingerprint density at radius 3 is 2.61 bits per heavy atom. The average Bonchev–Trinajstić information content (AvgIpc) is 3.13. The predicted octanol–water partition coefficient (Wildman–Crippen LogP) is 0.846. The fraction of sp³-hybridized carbons (Fsp3) is 0.417. The molecule has 1 heterocycles. The van der Waals surface area contributed by atoms with E-state index in [0.29, 0.717) is 5.69 Å². The second-order valence-corrected chi connectivity index (χ2v) is 4.75. The van der Waals surface area contributed by atoms with E-state index >= 15 is 0 Å². The molecule has 0 aromatic carbocycles. The molecule has 1 aromatic heterocycles. The number of amides is 1. The zero-order valence-electron chi connectivity index (χ0n) is 10.0. The third kappa shape index (κ3) is 2.48. The van der Waals surface area contributed by atoms with E-state index in [2.05, 4.69) is 10.3 Å². The highest BCUT2D eigenvalue weighted by Crippen LogP contribution is 2.38. The molecule has 0 spiro atoms. The number of aromatic nitrogens is 1. The molecule has 1 atom stereocenters. The lowest BCUT2D eigenvalue weighted by atomic mass is 9.96. The Bertz CT molecular complexity index is 478. The predicted molar refractivity (Wildman–Crippen MR) is 65.1 cm³/mol. The van der Waals surface area contributed by atoms with Crippen LogP contribution in [0, 0.1) is 5.92 Å². The monoisotopic (exact) mass is 249 g/mol. The Hall–Kier alpha value is -1.95. The maximum Gasteiger partial charge on any atom is 0.354 e. The van der Waals surface area contributed by atoms with Crippen molar-refractivity contribution in [1.82, 2.24) is 4.98 Å². The van der Waals surface area contributed by atoms with Crippen molar-refractivity contribution in [3.05, 3.63) is 24.0 Å². The zero-order chi connectivity index (χ0) is 13.3. The summed E-state index contributed by atoms with van der Waals surface area (Å²) in [5, 5.41) is 11.3. The van der Waals surface area contributed by atoms with Gasteiger partial charge in [-0.3, -0.25) is 4.79 Å². The van der Waals surface area contributed by atoms with Crippen molar-refractivity contribution in [1.29, 1.82) is 0 Å². The van der Waals surface area contributed by atoms with Crippen LogP contribution in [0.15, 0.2) is 18.3 Å². The number of aromatic carboxylic acids is 1. The third-order valence-corrected chi connectivity index (χ3v) is 3.16. The molecule has 96 valence electrons. The van der Waals surface area contributed by atoms with Crippen LogP contribution in [0.2, 0.25) is 0 Å². The molecule has 0 aliphatic heterocycles. The molecular formula is C12H15N3O3. The molecule has 2 rings (SSSR count). The van der Waals surface area contributed by atoms with Gasteiger partial charge in [-0.2, -0.15) is 0 Å². The highest BCUT2D eigenvalue weighted by atomic mass is 16.4. The number of anilines is 1. The second kappa shape index (κ2) is 4.38. The zero-order valence-corrected chi connectivity index (χ0v) is 10.0. The van der Waals surface area contributed by atoms with E-state index in [1.807, 2.05) is 0 Å². The van der Waals surface area contributed by atoms with Gasteiger partial charge in [-0.1, -0.05) is 0 Å². The first-order valence-corrected chi connectivity index (χ1v) is 5.71. The minimum absolute atomic E-state index is 0.0642. The Balaban J connectivity index is 2.05. The average molecular weight is 249 g/mol. The normalized spacial score (nSPS) is 17.9. The van der Waals surface area contributed by atoms with Gasteiger partial charge in [0.1, 0.15) is 5.69 Å². The van der Waals surface area contributed by atoms with Gasteiger partial charge in [0, 0.05) is 0 Å². The number of pyridine rings is 1. The van der Waals surface area contributed by atoms with Crippen molar-refractivity contribution in [2.45, 2.75) is 25.3 Å². The van der Waals surface area contributed by atoms with E-state index in [1.54, 1.807) is 6.92 Å². The molecule has 1 unspecified atom stereocenters. The smallest absolute Gasteiger partial charge is 0.354 e. The first-order chi connectivity index (χ1) is 8.41. The van der Waals surface area contributed by atoms with Gasteiger partial charge in [-0.15, -0.1) is 0 Å². The number of hydrogen-bond acceptors (Lipinski definition) is 4. The summed E-state index contributed by atoms with van der Waals surface area (Å²) >= 11 is 0. The van der Waals surface area contributed by atoms with Crippen LogP contribution in [0.1, 0.15) is 30.3 Å². The first-order valence-electron chi connectivity index (χ1n) is 5.71. The largest absolute Gasteiger partial charge is 0.477 e. The molecule has 18 heavy (non-hydrogen) atoms. The number of carbonyl (C=O) groups excluding carboxylic acids is 1. The lowest BCUT2D eigenvalue weighted by Gasteiger charge is -2.22. The number of nitrogens with zero attached hydrogens (tertiary/aromatic N) is 1. The number of carboxylic acids is 1. The standard InChI is InChI=1S/C12H15N3O3/c1-12(13,7-2-3-7)11(18)15-8-4-5-9(10(16)17)14-6-8/h4-7H,2-3,13H2,1H3,(H,15,18)(H,16,17). The maximum absolute atomic E-state index is 12.0. The highest BCUT2D eigenvalue weighted by Gasteiger charge is 2.44.